The number of fused-ring (bicyclic) bond motifs is 5. The fraction of sp³-hybridized carbons (Fsp3) is 0.903. The van der Waals surface area contributed by atoms with Gasteiger partial charge in [-0.25, -0.2) is 0 Å². The second kappa shape index (κ2) is 9.69. The van der Waals surface area contributed by atoms with E-state index >= 15 is 0 Å². The lowest BCUT2D eigenvalue weighted by Crippen LogP contribution is -2.51. The quantitative estimate of drug-likeness (QED) is 0.283. The Kier molecular flexibility index (Phi) is 7.43. The summed E-state index contributed by atoms with van der Waals surface area (Å²) in [6, 6.07) is 0. The first-order valence-corrected chi connectivity index (χ1v) is 14.5. The van der Waals surface area contributed by atoms with Crippen molar-refractivity contribution < 1.29 is 9.53 Å². The van der Waals surface area contributed by atoms with Gasteiger partial charge in [-0.2, -0.15) is 0 Å². The summed E-state index contributed by atoms with van der Waals surface area (Å²) in [4.78, 5) is 11.5. The molecule has 188 valence electrons. The van der Waals surface area contributed by atoms with Crippen LogP contribution >= 0.6 is 0 Å². The van der Waals surface area contributed by atoms with Crippen LogP contribution < -0.4 is 0 Å². The van der Waals surface area contributed by atoms with Crippen molar-refractivity contribution in [2.45, 2.75) is 125 Å². The van der Waals surface area contributed by atoms with E-state index in [4.69, 9.17) is 4.74 Å². The van der Waals surface area contributed by atoms with E-state index in [1.807, 2.05) is 0 Å². The SMILES string of the molecule is CC[C@H](CC[C@H](C)[C@H]1CC[C@H]2[C@H]3CC=C4C[C@@H](OC(C)=O)CC[C@]4(C)[C@@H]3CC[C@]12C)C(C)C. The maximum atomic E-state index is 11.5. The summed E-state index contributed by atoms with van der Waals surface area (Å²) in [5, 5.41) is 0. The lowest BCUT2D eigenvalue weighted by molar-refractivity contribution is -0.148. The number of hydrogen-bond acceptors (Lipinski definition) is 2. The fourth-order valence-corrected chi connectivity index (χ4v) is 9.63. The molecule has 0 bridgehead atoms. The number of rotatable bonds is 7. The molecule has 0 amide bonds. The predicted octanol–water partition coefficient (Wildman–Crippen LogP) is 8.60. The molecule has 33 heavy (non-hydrogen) atoms. The molecule has 0 N–H and O–H groups in total. The van der Waals surface area contributed by atoms with Gasteiger partial charge in [0.25, 0.3) is 0 Å². The second-order valence-electron chi connectivity index (χ2n) is 13.4. The summed E-state index contributed by atoms with van der Waals surface area (Å²) in [6.45, 7) is 16.6. The van der Waals surface area contributed by atoms with Gasteiger partial charge in [0, 0.05) is 13.3 Å². The predicted molar refractivity (Wildman–Crippen MR) is 138 cm³/mol. The highest BCUT2D eigenvalue weighted by molar-refractivity contribution is 5.66. The van der Waals surface area contributed by atoms with Gasteiger partial charge in [0.05, 0.1) is 0 Å². The summed E-state index contributed by atoms with van der Waals surface area (Å²) in [6.07, 6.45) is 17.2. The minimum atomic E-state index is -0.115. The molecule has 2 heteroatoms. The van der Waals surface area contributed by atoms with E-state index in [1.54, 1.807) is 12.5 Å². The van der Waals surface area contributed by atoms with Crippen LogP contribution in [0.3, 0.4) is 0 Å². The molecule has 0 aliphatic heterocycles. The summed E-state index contributed by atoms with van der Waals surface area (Å²) < 4.78 is 5.63. The largest absolute Gasteiger partial charge is 0.462 e. The molecule has 9 atom stereocenters. The number of ether oxygens (including phenoxy) is 1. The molecule has 0 radical (unpaired) electrons. The Hall–Kier alpha value is -0.790. The van der Waals surface area contributed by atoms with Crippen LogP contribution in [0.4, 0.5) is 0 Å². The molecule has 0 aromatic rings. The van der Waals surface area contributed by atoms with Crippen LogP contribution in [-0.2, 0) is 9.53 Å². The topological polar surface area (TPSA) is 26.3 Å². The van der Waals surface area contributed by atoms with Crippen LogP contribution in [0.15, 0.2) is 11.6 Å². The van der Waals surface area contributed by atoms with E-state index in [9.17, 15) is 4.79 Å². The first-order chi connectivity index (χ1) is 15.6. The van der Waals surface area contributed by atoms with Crippen molar-refractivity contribution in [2.75, 3.05) is 0 Å². The van der Waals surface area contributed by atoms with Gasteiger partial charge in [-0.05, 0) is 104 Å². The van der Waals surface area contributed by atoms with E-state index in [0.717, 1.165) is 54.3 Å². The average Bonchev–Trinajstić information content (AvgIpc) is 3.11. The third-order valence-corrected chi connectivity index (χ3v) is 11.6. The Balaban J connectivity index is 1.46. The number of hydrogen-bond donors (Lipinski definition) is 0. The Bertz CT molecular complexity index is 737. The van der Waals surface area contributed by atoms with Crippen LogP contribution in [0.25, 0.3) is 0 Å². The Morgan fingerprint density at radius 2 is 1.82 bits per heavy atom. The zero-order valence-corrected chi connectivity index (χ0v) is 22.8. The molecular weight excluding hydrogens is 404 g/mol. The van der Waals surface area contributed by atoms with Gasteiger partial charge in [0.15, 0.2) is 0 Å². The first-order valence-electron chi connectivity index (χ1n) is 14.5. The second-order valence-corrected chi connectivity index (χ2v) is 13.4. The molecular formula is C31H52O2. The van der Waals surface area contributed by atoms with E-state index in [2.05, 4.69) is 47.6 Å². The molecule has 4 rings (SSSR count). The zero-order valence-electron chi connectivity index (χ0n) is 22.8. The van der Waals surface area contributed by atoms with Crippen molar-refractivity contribution in [3.05, 3.63) is 11.6 Å². The van der Waals surface area contributed by atoms with Crippen molar-refractivity contribution in [3.63, 3.8) is 0 Å². The Morgan fingerprint density at radius 3 is 2.48 bits per heavy atom. The van der Waals surface area contributed by atoms with Crippen LogP contribution in [0.2, 0.25) is 0 Å². The van der Waals surface area contributed by atoms with Crippen molar-refractivity contribution in [3.8, 4) is 0 Å². The minimum absolute atomic E-state index is 0.113. The minimum Gasteiger partial charge on any atom is -0.462 e. The molecule has 0 unspecified atom stereocenters. The van der Waals surface area contributed by atoms with Crippen LogP contribution in [0, 0.1) is 52.3 Å². The van der Waals surface area contributed by atoms with Crippen molar-refractivity contribution in [1.82, 2.24) is 0 Å². The monoisotopic (exact) mass is 456 g/mol. The van der Waals surface area contributed by atoms with Gasteiger partial charge in [-0.3, -0.25) is 4.79 Å². The Labute approximate surface area is 204 Å². The molecule has 0 saturated heterocycles. The molecule has 3 saturated carbocycles. The van der Waals surface area contributed by atoms with E-state index in [0.29, 0.717) is 10.8 Å². The highest BCUT2D eigenvalue weighted by Gasteiger charge is 2.59. The van der Waals surface area contributed by atoms with Crippen LogP contribution in [0.5, 0.6) is 0 Å². The molecule has 0 heterocycles. The summed E-state index contributed by atoms with van der Waals surface area (Å²) in [5.41, 5.74) is 2.51. The Morgan fingerprint density at radius 1 is 1.06 bits per heavy atom. The zero-order chi connectivity index (χ0) is 24.0. The van der Waals surface area contributed by atoms with E-state index in [1.165, 1.54) is 57.8 Å². The molecule has 0 aromatic heterocycles. The highest BCUT2D eigenvalue weighted by atomic mass is 16.5. The normalized spacial score (nSPS) is 42.1. The highest BCUT2D eigenvalue weighted by Crippen LogP contribution is 2.67. The number of carbonyl (C=O) groups excluding carboxylic acids is 1. The first kappa shape index (κ1) is 25.3. The number of allylic oxidation sites excluding steroid dienone is 1. The summed E-state index contributed by atoms with van der Waals surface area (Å²) >= 11 is 0. The van der Waals surface area contributed by atoms with Gasteiger partial charge < -0.3 is 4.74 Å². The lowest BCUT2D eigenvalue weighted by atomic mass is 9.47. The number of carbonyl (C=O) groups is 1. The summed E-state index contributed by atoms with van der Waals surface area (Å²) in [5.74, 6) is 6.03. The third-order valence-electron chi connectivity index (χ3n) is 11.6. The van der Waals surface area contributed by atoms with Gasteiger partial charge in [0.1, 0.15) is 6.10 Å². The van der Waals surface area contributed by atoms with Crippen molar-refractivity contribution in [1.29, 1.82) is 0 Å². The molecule has 0 aromatic carbocycles. The number of esters is 1. The van der Waals surface area contributed by atoms with E-state index in [-0.39, 0.29) is 12.1 Å². The van der Waals surface area contributed by atoms with Crippen LogP contribution in [-0.4, -0.2) is 12.1 Å². The van der Waals surface area contributed by atoms with Crippen molar-refractivity contribution in [2.24, 2.45) is 52.3 Å². The van der Waals surface area contributed by atoms with Crippen LogP contribution in [0.1, 0.15) is 119 Å². The van der Waals surface area contributed by atoms with Gasteiger partial charge in [-0.15, -0.1) is 0 Å². The van der Waals surface area contributed by atoms with Crippen molar-refractivity contribution >= 4 is 5.97 Å². The molecule has 4 aliphatic carbocycles. The maximum absolute atomic E-state index is 11.5. The average molecular weight is 457 g/mol. The lowest BCUT2D eigenvalue weighted by Gasteiger charge is -2.58. The molecule has 4 aliphatic rings. The molecule has 3 fully saturated rings. The third kappa shape index (κ3) is 4.58. The van der Waals surface area contributed by atoms with Gasteiger partial charge >= 0.3 is 5.97 Å². The van der Waals surface area contributed by atoms with Gasteiger partial charge in [-0.1, -0.05) is 66.0 Å². The van der Waals surface area contributed by atoms with Gasteiger partial charge in [0.2, 0.25) is 0 Å². The molecule has 2 nitrogen and oxygen atoms in total. The summed E-state index contributed by atoms with van der Waals surface area (Å²) in [7, 11) is 0. The molecule has 0 spiro atoms. The maximum Gasteiger partial charge on any atom is 0.302 e. The standard InChI is InChI=1S/C31H52O2/c1-8-23(20(2)3)10-9-21(4)27-13-14-28-26-12-11-24-19-25(33-22(5)32)15-17-30(24,6)29(26)16-18-31(27,28)7/h11,20-21,23,25-29H,8-10,12-19H2,1-7H3/t21-,23+,25-,26+,27+,28-,29+,30-,31+/m0/s1. The van der Waals surface area contributed by atoms with E-state index < -0.39 is 0 Å². The smallest absolute Gasteiger partial charge is 0.302 e. The fourth-order valence-electron chi connectivity index (χ4n) is 9.63.